The zero-order valence-electron chi connectivity index (χ0n) is 10.2. The van der Waals surface area contributed by atoms with Crippen LogP contribution in [0.5, 0.6) is 0 Å². The second kappa shape index (κ2) is 5.55. The number of nitrogens with one attached hydrogen (secondary N) is 1. The summed E-state index contributed by atoms with van der Waals surface area (Å²) in [6.45, 7) is 5.04. The first-order valence-corrected chi connectivity index (χ1v) is 5.79. The van der Waals surface area contributed by atoms with E-state index in [1.807, 2.05) is 36.9 Å². The third kappa shape index (κ3) is 3.36. The van der Waals surface area contributed by atoms with E-state index in [4.69, 9.17) is 0 Å². The van der Waals surface area contributed by atoms with Crippen molar-refractivity contribution in [1.82, 2.24) is 15.3 Å². The predicted molar refractivity (Wildman–Crippen MR) is 68.5 cm³/mol. The van der Waals surface area contributed by atoms with Gasteiger partial charge in [0.2, 0.25) is 0 Å². The monoisotopic (exact) mass is 227 g/mol. The summed E-state index contributed by atoms with van der Waals surface area (Å²) in [5.41, 5.74) is 3.66. The van der Waals surface area contributed by atoms with Gasteiger partial charge < -0.3 is 5.32 Å². The van der Waals surface area contributed by atoms with Crippen molar-refractivity contribution in [2.75, 3.05) is 0 Å². The lowest BCUT2D eigenvalue weighted by Crippen LogP contribution is -2.18. The van der Waals surface area contributed by atoms with E-state index in [1.54, 1.807) is 0 Å². The van der Waals surface area contributed by atoms with Gasteiger partial charge in [-0.1, -0.05) is 6.07 Å². The maximum absolute atomic E-state index is 4.18. The summed E-state index contributed by atoms with van der Waals surface area (Å²) in [5.74, 6) is 0. The summed E-state index contributed by atoms with van der Waals surface area (Å²) < 4.78 is 0. The van der Waals surface area contributed by atoms with Crippen LogP contribution in [0.3, 0.4) is 0 Å². The van der Waals surface area contributed by atoms with E-state index in [0.717, 1.165) is 6.54 Å². The summed E-state index contributed by atoms with van der Waals surface area (Å²) >= 11 is 0. The number of hydrogen-bond acceptors (Lipinski definition) is 3. The molecule has 0 bridgehead atoms. The minimum Gasteiger partial charge on any atom is -0.306 e. The molecule has 2 heterocycles. The lowest BCUT2D eigenvalue weighted by molar-refractivity contribution is 0.573. The molecular formula is C14H17N3. The first kappa shape index (κ1) is 11.7. The van der Waals surface area contributed by atoms with Gasteiger partial charge in [-0.15, -0.1) is 0 Å². The Morgan fingerprint density at radius 3 is 2.65 bits per heavy atom. The second-order valence-corrected chi connectivity index (χ2v) is 4.25. The largest absolute Gasteiger partial charge is 0.306 e. The molecule has 2 aromatic rings. The van der Waals surface area contributed by atoms with Gasteiger partial charge in [0.05, 0.1) is 0 Å². The highest BCUT2D eigenvalue weighted by molar-refractivity contribution is 5.18. The van der Waals surface area contributed by atoms with Gasteiger partial charge in [-0.25, -0.2) is 0 Å². The molecule has 3 nitrogen and oxygen atoms in total. The Morgan fingerprint density at radius 2 is 1.94 bits per heavy atom. The fraction of sp³-hybridized carbons (Fsp3) is 0.286. The number of aromatic nitrogens is 2. The molecule has 0 fully saturated rings. The Balaban J connectivity index is 1.95. The van der Waals surface area contributed by atoms with Crippen LogP contribution in [-0.4, -0.2) is 9.97 Å². The smallest absolute Gasteiger partial charge is 0.0313 e. The Morgan fingerprint density at radius 1 is 1.18 bits per heavy atom. The molecule has 0 unspecified atom stereocenters. The molecule has 2 rings (SSSR count). The van der Waals surface area contributed by atoms with Crippen molar-refractivity contribution in [2.24, 2.45) is 0 Å². The number of pyridine rings is 2. The van der Waals surface area contributed by atoms with Crippen LogP contribution >= 0.6 is 0 Å². The van der Waals surface area contributed by atoms with Crippen LogP contribution < -0.4 is 5.32 Å². The van der Waals surface area contributed by atoms with Crippen molar-refractivity contribution in [2.45, 2.75) is 26.4 Å². The number of aryl methyl sites for hydroxylation is 1. The SMILES string of the molecule is Cc1cncc(CN[C@@H](C)c2ccncc2)c1. The van der Waals surface area contributed by atoms with Gasteiger partial charge >= 0.3 is 0 Å². The van der Waals surface area contributed by atoms with Crippen molar-refractivity contribution in [3.63, 3.8) is 0 Å². The highest BCUT2D eigenvalue weighted by Gasteiger charge is 2.04. The highest BCUT2D eigenvalue weighted by Crippen LogP contribution is 2.11. The zero-order chi connectivity index (χ0) is 12.1. The van der Waals surface area contributed by atoms with Gasteiger partial charge in [-0.2, -0.15) is 0 Å². The zero-order valence-corrected chi connectivity index (χ0v) is 10.2. The van der Waals surface area contributed by atoms with Crippen molar-refractivity contribution in [3.05, 3.63) is 59.7 Å². The molecule has 0 aliphatic heterocycles. The minimum absolute atomic E-state index is 0.318. The lowest BCUT2D eigenvalue weighted by Gasteiger charge is -2.13. The minimum atomic E-state index is 0.318. The van der Waals surface area contributed by atoms with Gasteiger partial charge in [0.25, 0.3) is 0 Å². The first-order valence-electron chi connectivity index (χ1n) is 5.79. The number of rotatable bonds is 4. The van der Waals surface area contributed by atoms with Gasteiger partial charge in [-0.05, 0) is 42.7 Å². The maximum atomic E-state index is 4.18. The molecule has 3 heteroatoms. The van der Waals surface area contributed by atoms with Crippen molar-refractivity contribution in [1.29, 1.82) is 0 Å². The van der Waals surface area contributed by atoms with Crippen LogP contribution in [-0.2, 0) is 6.54 Å². The molecule has 2 aromatic heterocycles. The van der Waals surface area contributed by atoms with E-state index in [0.29, 0.717) is 6.04 Å². The molecular weight excluding hydrogens is 210 g/mol. The molecule has 1 N–H and O–H groups in total. The normalized spacial score (nSPS) is 12.4. The quantitative estimate of drug-likeness (QED) is 0.872. The van der Waals surface area contributed by atoms with Crippen LogP contribution in [0.15, 0.2) is 43.0 Å². The van der Waals surface area contributed by atoms with Crippen LogP contribution in [0, 0.1) is 6.92 Å². The number of hydrogen-bond donors (Lipinski definition) is 1. The topological polar surface area (TPSA) is 37.8 Å². The van der Waals surface area contributed by atoms with Crippen LogP contribution in [0.25, 0.3) is 0 Å². The maximum Gasteiger partial charge on any atom is 0.0313 e. The average molecular weight is 227 g/mol. The molecule has 0 saturated heterocycles. The van der Waals surface area contributed by atoms with E-state index in [1.165, 1.54) is 16.7 Å². The molecule has 17 heavy (non-hydrogen) atoms. The lowest BCUT2D eigenvalue weighted by atomic mass is 10.1. The van der Waals surface area contributed by atoms with E-state index in [2.05, 4.69) is 35.2 Å². The predicted octanol–water partition coefficient (Wildman–Crippen LogP) is 2.64. The molecule has 0 aromatic carbocycles. The molecule has 0 spiro atoms. The third-order valence-corrected chi connectivity index (χ3v) is 2.75. The molecule has 0 amide bonds. The summed E-state index contributed by atoms with van der Waals surface area (Å²) in [5, 5.41) is 3.47. The summed E-state index contributed by atoms with van der Waals surface area (Å²) in [6.07, 6.45) is 7.42. The third-order valence-electron chi connectivity index (χ3n) is 2.75. The Bertz CT molecular complexity index is 468. The van der Waals surface area contributed by atoms with Crippen molar-refractivity contribution in [3.8, 4) is 0 Å². The fourth-order valence-corrected chi connectivity index (χ4v) is 1.76. The summed E-state index contributed by atoms with van der Waals surface area (Å²) in [7, 11) is 0. The summed E-state index contributed by atoms with van der Waals surface area (Å²) in [4.78, 5) is 8.20. The summed E-state index contributed by atoms with van der Waals surface area (Å²) in [6, 6.07) is 6.54. The molecule has 0 saturated carbocycles. The Hall–Kier alpha value is -1.74. The highest BCUT2D eigenvalue weighted by atomic mass is 14.9. The van der Waals surface area contributed by atoms with Crippen molar-refractivity contribution >= 4 is 0 Å². The molecule has 0 radical (unpaired) electrons. The van der Waals surface area contributed by atoms with Crippen LogP contribution in [0.2, 0.25) is 0 Å². The van der Waals surface area contributed by atoms with E-state index >= 15 is 0 Å². The molecule has 0 aliphatic rings. The van der Waals surface area contributed by atoms with Crippen LogP contribution in [0.4, 0.5) is 0 Å². The fourth-order valence-electron chi connectivity index (χ4n) is 1.76. The first-order chi connectivity index (χ1) is 8.25. The van der Waals surface area contributed by atoms with E-state index in [9.17, 15) is 0 Å². The van der Waals surface area contributed by atoms with E-state index < -0.39 is 0 Å². The van der Waals surface area contributed by atoms with Gasteiger partial charge in [0.1, 0.15) is 0 Å². The molecule has 1 atom stereocenters. The van der Waals surface area contributed by atoms with Crippen molar-refractivity contribution < 1.29 is 0 Å². The average Bonchev–Trinajstić information content (AvgIpc) is 2.37. The van der Waals surface area contributed by atoms with Gasteiger partial charge in [0.15, 0.2) is 0 Å². The van der Waals surface area contributed by atoms with Gasteiger partial charge in [0, 0.05) is 37.4 Å². The second-order valence-electron chi connectivity index (χ2n) is 4.25. The molecule has 0 aliphatic carbocycles. The van der Waals surface area contributed by atoms with Crippen LogP contribution in [0.1, 0.15) is 29.7 Å². The number of nitrogens with zero attached hydrogens (tertiary/aromatic N) is 2. The Kier molecular flexibility index (Phi) is 3.83. The van der Waals surface area contributed by atoms with Gasteiger partial charge in [-0.3, -0.25) is 9.97 Å². The Labute approximate surface area is 102 Å². The molecule has 88 valence electrons. The standard InChI is InChI=1S/C14H17N3/c1-11-7-13(9-16-8-11)10-17-12(2)14-3-5-15-6-4-14/h3-9,12,17H,10H2,1-2H3/t12-/m0/s1. The van der Waals surface area contributed by atoms with E-state index in [-0.39, 0.29) is 0 Å².